The van der Waals surface area contributed by atoms with Crippen LogP contribution in [0.4, 0.5) is 20.2 Å². The lowest BCUT2D eigenvalue weighted by Crippen LogP contribution is -2.32. The van der Waals surface area contributed by atoms with Crippen LogP contribution in [0.3, 0.4) is 0 Å². The van der Waals surface area contributed by atoms with Crippen molar-refractivity contribution in [1.29, 1.82) is 0 Å². The number of carbonyl (C=O) groups excluding carboxylic acids is 1. The number of halogens is 4. The number of sulfonamides is 1. The molecular formula is C30H26ClF2IN4O4S. The molecule has 3 aromatic carbocycles. The van der Waals surface area contributed by atoms with Crippen molar-refractivity contribution in [3.05, 3.63) is 116 Å². The molecule has 0 radical (unpaired) electrons. The van der Waals surface area contributed by atoms with E-state index < -0.39 is 49.8 Å². The van der Waals surface area contributed by atoms with Crippen LogP contribution in [0.2, 0.25) is 5.02 Å². The summed E-state index contributed by atoms with van der Waals surface area (Å²) in [5.74, 6) is -3.93. The van der Waals surface area contributed by atoms with E-state index in [0.717, 1.165) is 28.0 Å². The first-order chi connectivity index (χ1) is 20.6. The van der Waals surface area contributed by atoms with Crippen LogP contribution in [-0.4, -0.2) is 25.9 Å². The van der Waals surface area contributed by atoms with Crippen LogP contribution < -0.4 is 15.5 Å². The third-order valence-electron chi connectivity index (χ3n) is 6.70. The van der Waals surface area contributed by atoms with Gasteiger partial charge in [0.05, 0.1) is 40.3 Å². The maximum Gasteiger partial charge on any atom is 0.277 e. The topological polar surface area (TPSA) is 109 Å². The summed E-state index contributed by atoms with van der Waals surface area (Å²) < 4.78 is 62.0. The highest BCUT2D eigenvalue weighted by atomic mass is 127. The van der Waals surface area contributed by atoms with E-state index in [4.69, 9.17) is 16.4 Å². The molecule has 1 aliphatic rings. The van der Waals surface area contributed by atoms with Gasteiger partial charge in [0.25, 0.3) is 5.91 Å². The second kappa shape index (κ2) is 13.6. The average Bonchev–Trinajstić information content (AvgIpc) is 3.81. The number of hydroxylamine groups is 1. The standard InChI is InChI=1S/C30H26ClF2IN4O4S/c31-22-15-20(34)11-12-23(22)36-29-21(30(39)37-42-17-19-9-10-19)16-26(27(32)28(29)33)43(40,41)38-25(24-8-4-5-13-35-24)14-18-6-2-1-3-7-18/h1-8,11-13,15-16,19,25,36,38H,9-10,14,17H2,(H,37,39). The monoisotopic (exact) mass is 738 g/mol. The molecular weight excluding hydrogens is 713 g/mol. The van der Waals surface area contributed by atoms with Crippen molar-refractivity contribution >= 4 is 61.5 Å². The van der Waals surface area contributed by atoms with Crippen molar-refractivity contribution in [2.75, 3.05) is 11.9 Å². The summed E-state index contributed by atoms with van der Waals surface area (Å²) in [5, 5.41) is 2.84. The highest BCUT2D eigenvalue weighted by molar-refractivity contribution is 14.1. The van der Waals surface area contributed by atoms with Gasteiger partial charge in [-0.3, -0.25) is 14.6 Å². The number of hydrogen-bond acceptors (Lipinski definition) is 6. The van der Waals surface area contributed by atoms with Gasteiger partial charge in [0.15, 0.2) is 11.6 Å². The van der Waals surface area contributed by atoms with Crippen molar-refractivity contribution in [3.8, 4) is 0 Å². The number of amides is 1. The molecule has 13 heteroatoms. The van der Waals surface area contributed by atoms with E-state index in [1.54, 1.807) is 42.5 Å². The average molecular weight is 739 g/mol. The van der Waals surface area contributed by atoms with Gasteiger partial charge >= 0.3 is 0 Å². The summed E-state index contributed by atoms with van der Waals surface area (Å²) in [4.78, 5) is 21.7. The fraction of sp³-hybridized carbons (Fsp3) is 0.200. The first kappa shape index (κ1) is 31.3. The number of pyridine rings is 1. The molecule has 1 fully saturated rings. The minimum absolute atomic E-state index is 0.175. The van der Waals surface area contributed by atoms with Crippen LogP contribution in [0, 0.1) is 21.1 Å². The molecule has 1 saturated carbocycles. The summed E-state index contributed by atoms with van der Waals surface area (Å²) in [6.07, 6.45) is 3.58. The third-order valence-corrected chi connectivity index (χ3v) is 9.16. The molecule has 1 aliphatic carbocycles. The normalized spacial score (nSPS) is 13.9. The number of nitrogens with zero attached hydrogens (tertiary/aromatic N) is 1. The van der Waals surface area contributed by atoms with Gasteiger partial charge in [-0.25, -0.2) is 27.4 Å². The summed E-state index contributed by atoms with van der Waals surface area (Å²) in [7, 11) is -4.74. The van der Waals surface area contributed by atoms with E-state index in [2.05, 4.69) is 20.5 Å². The Morgan fingerprint density at radius 3 is 2.47 bits per heavy atom. The highest BCUT2D eigenvalue weighted by Crippen LogP contribution is 2.35. The molecule has 1 atom stereocenters. The molecule has 1 aromatic heterocycles. The van der Waals surface area contributed by atoms with Gasteiger partial charge in [0.2, 0.25) is 10.0 Å². The number of benzene rings is 3. The van der Waals surface area contributed by atoms with E-state index in [0.29, 0.717) is 11.6 Å². The molecule has 1 amide bonds. The lowest BCUT2D eigenvalue weighted by molar-refractivity contribution is 0.0270. The molecule has 0 aliphatic heterocycles. The first-order valence-electron chi connectivity index (χ1n) is 13.3. The first-order valence-corrected chi connectivity index (χ1v) is 16.2. The largest absolute Gasteiger partial charge is 0.351 e. The molecule has 4 aromatic rings. The number of rotatable bonds is 12. The zero-order chi connectivity index (χ0) is 30.6. The fourth-order valence-electron chi connectivity index (χ4n) is 4.28. The minimum Gasteiger partial charge on any atom is -0.351 e. The second-order valence-corrected chi connectivity index (χ2v) is 13.3. The van der Waals surface area contributed by atoms with E-state index in [1.807, 2.05) is 40.8 Å². The summed E-state index contributed by atoms with van der Waals surface area (Å²) in [6, 6.07) is 18.7. The Balaban J connectivity index is 1.53. The van der Waals surface area contributed by atoms with E-state index in [1.165, 1.54) is 12.3 Å². The van der Waals surface area contributed by atoms with Crippen molar-refractivity contribution < 1.29 is 26.8 Å². The van der Waals surface area contributed by atoms with E-state index in [-0.39, 0.29) is 23.7 Å². The smallest absolute Gasteiger partial charge is 0.277 e. The summed E-state index contributed by atoms with van der Waals surface area (Å²) >= 11 is 8.33. The van der Waals surface area contributed by atoms with Crippen molar-refractivity contribution in [3.63, 3.8) is 0 Å². The summed E-state index contributed by atoms with van der Waals surface area (Å²) in [5.41, 5.74) is 2.46. The van der Waals surface area contributed by atoms with Crippen molar-refractivity contribution in [1.82, 2.24) is 15.2 Å². The van der Waals surface area contributed by atoms with Gasteiger partial charge in [-0.05, 0) is 89.7 Å². The van der Waals surface area contributed by atoms with Crippen LogP contribution in [0.1, 0.15) is 40.5 Å². The molecule has 1 heterocycles. The number of nitrogens with one attached hydrogen (secondary N) is 3. The van der Waals surface area contributed by atoms with Gasteiger partial charge in [-0.1, -0.05) is 48.0 Å². The molecule has 8 nitrogen and oxygen atoms in total. The van der Waals surface area contributed by atoms with Gasteiger partial charge < -0.3 is 5.32 Å². The predicted molar refractivity (Wildman–Crippen MR) is 167 cm³/mol. The van der Waals surface area contributed by atoms with Crippen molar-refractivity contribution in [2.24, 2.45) is 5.92 Å². The number of carbonyl (C=O) groups is 1. The van der Waals surface area contributed by atoms with Gasteiger partial charge in [0, 0.05) is 9.77 Å². The zero-order valence-corrected chi connectivity index (χ0v) is 26.2. The lowest BCUT2D eigenvalue weighted by atomic mass is 10.0. The maximum absolute atomic E-state index is 15.8. The molecule has 1 unspecified atom stereocenters. The number of anilines is 2. The van der Waals surface area contributed by atoms with Crippen molar-refractivity contribution in [2.45, 2.75) is 30.2 Å². The minimum atomic E-state index is -4.74. The van der Waals surface area contributed by atoms with Crippen LogP contribution in [0.15, 0.2) is 83.9 Å². The Bertz CT molecular complexity index is 1730. The predicted octanol–water partition coefficient (Wildman–Crippen LogP) is 6.70. The van der Waals surface area contributed by atoms with Gasteiger partial charge in [-0.2, -0.15) is 0 Å². The molecule has 0 spiro atoms. The van der Waals surface area contributed by atoms with Crippen LogP contribution in [0.25, 0.3) is 0 Å². The third kappa shape index (κ3) is 7.87. The summed E-state index contributed by atoms with van der Waals surface area (Å²) in [6.45, 7) is 0.235. The Hall–Kier alpha value is -3.17. The fourth-order valence-corrected chi connectivity index (χ4v) is 6.49. The molecule has 5 rings (SSSR count). The number of aromatic nitrogens is 1. The molecule has 0 saturated heterocycles. The van der Waals surface area contributed by atoms with Crippen LogP contribution in [0.5, 0.6) is 0 Å². The van der Waals surface area contributed by atoms with Gasteiger partial charge in [-0.15, -0.1) is 0 Å². The molecule has 224 valence electrons. The second-order valence-electron chi connectivity index (χ2n) is 9.98. The SMILES string of the molecule is O=C(NOCC1CC1)c1cc(S(=O)(=O)NC(Cc2ccccc2)c2ccccn2)c(F)c(F)c1Nc1ccc(I)cc1Cl. The lowest BCUT2D eigenvalue weighted by Gasteiger charge is -2.21. The highest BCUT2D eigenvalue weighted by Gasteiger charge is 2.32. The van der Waals surface area contributed by atoms with E-state index >= 15 is 8.78 Å². The Morgan fingerprint density at radius 1 is 1.05 bits per heavy atom. The number of hydrogen-bond donors (Lipinski definition) is 3. The quantitative estimate of drug-likeness (QED) is 0.110. The molecule has 3 N–H and O–H groups in total. The maximum atomic E-state index is 15.8. The van der Waals surface area contributed by atoms with Crippen LogP contribution in [-0.2, 0) is 21.3 Å². The Kier molecular flexibility index (Phi) is 9.92. The Morgan fingerprint density at radius 2 is 1.79 bits per heavy atom. The molecule has 0 bridgehead atoms. The molecule has 43 heavy (non-hydrogen) atoms. The Labute approximate surface area is 266 Å². The van der Waals surface area contributed by atoms with Gasteiger partial charge in [0.1, 0.15) is 4.90 Å². The zero-order valence-electron chi connectivity index (χ0n) is 22.5. The van der Waals surface area contributed by atoms with E-state index in [9.17, 15) is 13.2 Å². The van der Waals surface area contributed by atoms with Crippen LogP contribution >= 0.6 is 34.2 Å².